The second-order valence-corrected chi connectivity index (χ2v) is 6.46. The van der Waals surface area contributed by atoms with Gasteiger partial charge in [-0.1, -0.05) is 12.1 Å². The number of hydrogen-bond donors (Lipinski definition) is 1. The van der Waals surface area contributed by atoms with Crippen molar-refractivity contribution in [3.63, 3.8) is 0 Å². The number of hydrogen-bond acceptors (Lipinski definition) is 3. The molecule has 0 aliphatic heterocycles. The summed E-state index contributed by atoms with van der Waals surface area (Å²) in [5.74, 6) is 1.29. The van der Waals surface area contributed by atoms with E-state index >= 15 is 0 Å². The number of amides is 1. The molecule has 1 amide bonds. The summed E-state index contributed by atoms with van der Waals surface area (Å²) in [6, 6.07) is 9.53. The summed E-state index contributed by atoms with van der Waals surface area (Å²) < 4.78 is 5.78. The van der Waals surface area contributed by atoms with Gasteiger partial charge in [-0.15, -0.1) is 11.3 Å². The van der Waals surface area contributed by atoms with E-state index in [1.165, 1.54) is 23.3 Å². The van der Waals surface area contributed by atoms with E-state index in [0.717, 1.165) is 0 Å². The first-order valence-corrected chi connectivity index (χ1v) is 8.15. The first-order chi connectivity index (χ1) is 10.2. The minimum absolute atomic E-state index is 0.0748. The lowest BCUT2D eigenvalue weighted by Crippen LogP contribution is -2.23. The van der Waals surface area contributed by atoms with Gasteiger partial charge in [0, 0.05) is 4.88 Å². The molecule has 2 aromatic rings. The van der Waals surface area contributed by atoms with Gasteiger partial charge in [0.05, 0.1) is 18.7 Å². The van der Waals surface area contributed by atoms with E-state index in [4.69, 9.17) is 4.74 Å². The zero-order chi connectivity index (χ0) is 14.7. The van der Waals surface area contributed by atoms with Gasteiger partial charge in [-0.05, 0) is 54.8 Å². The van der Waals surface area contributed by atoms with Crippen LogP contribution < -0.4 is 10.1 Å². The molecule has 0 saturated heterocycles. The van der Waals surface area contributed by atoms with Crippen LogP contribution in [0.5, 0.6) is 5.75 Å². The van der Waals surface area contributed by atoms with Gasteiger partial charge < -0.3 is 10.1 Å². The fourth-order valence-electron chi connectivity index (χ4n) is 2.11. The smallest absolute Gasteiger partial charge is 0.255 e. The van der Waals surface area contributed by atoms with Gasteiger partial charge in [-0.3, -0.25) is 4.79 Å². The topological polar surface area (TPSA) is 38.3 Å². The Morgan fingerprint density at radius 3 is 2.86 bits per heavy atom. The quantitative estimate of drug-likeness (QED) is 0.882. The normalized spacial score (nSPS) is 14.0. The molecule has 1 aromatic carbocycles. The molecule has 3 rings (SSSR count). The summed E-state index contributed by atoms with van der Waals surface area (Å²) >= 11 is 1.67. The van der Waals surface area contributed by atoms with Crippen molar-refractivity contribution in [3.8, 4) is 5.75 Å². The maximum absolute atomic E-state index is 12.3. The Kier molecular flexibility index (Phi) is 4.25. The molecule has 1 saturated carbocycles. The molecule has 1 aliphatic rings. The van der Waals surface area contributed by atoms with Gasteiger partial charge in [0.2, 0.25) is 0 Å². The minimum atomic E-state index is -0.0748. The van der Waals surface area contributed by atoms with E-state index in [9.17, 15) is 4.79 Å². The molecule has 0 bridgehead atoms. The second kappa shape index (κ2) is 6.31. The van der Waals surface area contributed by atoms with Crippen molar-refractivity contribution in [2.45, 2.75) is 26.3 Å². The molecule has 0 radical (unpaired) electrons. The monoisotopic (exact) mass is 301 g/mol. The number of nitrogens with one attached hydrogen (secondary N) is 1. The Hall–Kier alpha value is -1.81. The highest BCUT2D eigenvalue weighted by atomic mass is 32.1. The molecule has 110 valence electrons. The lowest BCUT2D eigenvalue weighted by molar-refractivity contribution is 0.0947. The molecular formula is C17H19NO2S. The van der Waals surface area contributed by atoms with Crippen LogP contribution in [0, 0.1) is 12.8 Å². The van der Waals surface area contributed by atoms with Crippen LogP contribution in [0.4, 0.5) is 0 Å². The molecule has 4 heteroatoms. The summed E-state index contributed by atoms with van der Waals surface area (Å²) in [5.41, 5.74) is 1.84. The number of benzene rings is 1. The van der Waals surface area contributed by atoms with Gasteiger partial charge >= 0.3 is 0 Å². The van der Waals surface area contributed by atoms with Crippen LogP contribution in [-0.2, 0) is 6.54 Å². The minimum Gasteiger partial charge on any atom is -0.492 e. The number of carbonyl (C=O) groups excluding carboxylic acids is 1. The summed E-state index contributed by atoms with van der Waals surface area (Å²) in [5, 5.41) is 5.02. The Bertz CT molecular complexity index is 631. The third-order valence-corrected chi connectivity index (χ3v) is 4.70. The first kappa shape index (κ1) is 14.1. The van der Waals surface area contributed by atoms with Gasteiger partial charge in [0.15, 0.2) is 0 Å². The molecule has 0 atom stereocenters. The van der Waals surface area contributed by atoms with Crippen LogP contribution in [0.3, 0.4) is 0 Å². The van der Waals surface area contributed by atoms with E-state index in [1.807, 2.05) is 29.6 Å². The Morgan fingerprint density at radius 1 is 1.33 bits per heavy atom. The van der Waals surface area contributed by atoms with E-state index in [1.54, 1.807) is 11.3 Å². The van der Waals surface area contributed by atoms with E-state index in [-0.39, 0.29) is 5.91 Å². The van der Waals surface area contributed by atoms with Crippen LogP contribution >= 0.6 is 11.3 Å². The van der Waals surface area contributed by atoms with Crippen molar-refractivity contribution in [1.29, 1.82) is 0 Å². The average Bonchev–Trinajstić information content (AvgIpc) is 3.24. The number of ether oxygens (including phenoxy) is 1. The number of thiophene rings is 1. The van der Waals surface area contributed by atoms with Gasteiger partial charge in [0.25, 0.3) is 5.91 Å². The molecule has 3 nitrogen and oxygen atoms in total. The van der Waals surface area contributed by atoms with Crippen molar-refractivity contribution >= 4 is 17.2 Å². The summed E-state index contributed by atoms with van der Waals surface area (Å²) in [6.45, 7) is 3.35. The number of para-hydroxylation sites is 1. The molecule has 0 spiro atoms. The number of aryl methyl sites for hydroxylation is 1. The molecule has 1 heterocycles. The van der Waals surface area contributed by atoms with Crippen LogP contribution in [0.1, 0.15) is 33.6 Å². The molecule has 1 aromatic heterocycles. The summed E-state index contributed by atoms with van der Waals surface area (Å²) in [6.07, 6.45) is 2.48. The highest BCUT2D eigenvalue weighted by Crippen LogP contribution is 2.30. The Morgan fingerprint density at radius 2 is 2.14 bits per heavy atom. The predicted octanol–water partition coefficient (Wildman–Crippen LogP) is 3.78. The van der Waals surface area contributed by atoms with Crippen LogP contribution in [-0.4, -0.2) is 12.5 Å². The van der Waals surface area contributed by atoms with E-state index < -0.39 is 0 Å². The highest BCUT2D eigenvalue weighted by Gasteiger charge is 2.23. The number of rotatable bonds is 6. The van der Waals surface area contributed by atoms with Crippen molar-refractivity contribution in [2.75, 3.05) is 6.61 Å². The highest BCUT2D eigenvalue weighted by molar-refractivity contribution is 7.10. The van der Waals surface area contributed by atoms with E-state index in [2.05, 4.69) is 18.3 Å². The number of carbonyl (C=O) groups is 1. The zero-order valence-electron chi connectivity index (χ0n) is 12.1. The average molecular weight is 301 g/mol. The van der Waals surface area contributed by atoms with Crippen LogP contribution in [0.15, 0.2) is 35.7 Å². The first-order valence-electron chi connectivity index (χ1n) is 7.27. The fourth-order valence-corrected chi connectivity index (χ4v) is 2.96. The van der Waals surface area contributed by atoms with Crippen molar-refractivity contribution in [1.82, 2.24) is 5.32 Å². The molecule has 1 fully saturated rings. The van der Waals surface area contributed by atoms with Crippen LogP contribution in [0.25, 0.3) is 0 Å². The zero-order valence-corrected chi connectivity index (χ0v) is 12.9. The van der Waals surface area contributed by atoms with Crippen LogP contribution in [0.2, 0.25) is 0 Å². The van der Waals surface area contributed by atoms with Gasteiger partial charge in [-0.2, -0.15) is 0 Å². The molecule has 21 heavy (non-hydrogen) atoms. The summed E-state index contributed by atoms with van der Waals surface area (Å²) in [7, 11) is 0. The molecular weight excluding hydrogens is 282 g/mol. The fraction of sp³-hybridized carbons (Fsp3) is 0.353. The third-order valence-electron chi connectivity index (χ3n) is 3.68. The lowest BCUT2D eigenvalue weighted by atomic mass is 10.2. The van der Waals surface area contributed by atoms with Gasteiger partial charge in [-0.25, -0.2) is 0 Å². The SMILES string of the molecule is Cc1ccsc1CNC(=O)c1ccccc1OCC1CC1. The van der Waals surface area contributed by atoms with Crippen molar-refractivity contribution in [3.05, 3.63) is 51.7 Å². The largest absolute Gasteiger partial charge is 0.492 e. The maximum Gasteiger partial charge on any atom is 0.255 e. The standard InChI is InChI=1S/C17H19NO2S/c1-12-8-9-21-16(12)10-18-17(19)14-4-2-3-5-15(14)20-11-13-6-7-13/h2-5,8-9,13H,6-7,10-11H2,1H3,(H,18,19). The molecule has 1 N–H and O–H groups in total. The van der Waals surface area contributed by atoms with Gasteiger partial charge in [0.1, 0.15) is 5.75 Å². The van der Waals surface area contributed by atoms with E-state index in [0.29, 0.717) is 30.4 Å². The lowest BCUT2D eigenvalue weighted by Gasteiger charge is -2.11. The Labute approximate surface area is 129 Å². The Balaban J connectivity index is 1.64. The maximum atomic E-state index is 12.3. The third kappa shape index (κ3) is 3.64. The molecule has 1 aliphatic carbocycles. The van der Waals surface area contributed by atoms with Crippen molar-refractivity contribution in [2.24, 2.45) is 5.92 Å². The van der Waals surface area contributed by atoms with Crippen molar-refractivity contribution < 1.29 is 9.53 Å². The predicted molar refractivity (Wildman–Crippen MR) is 84.9 cm³/mol. The molecule has 0 unspecified atom stereocenters. The second-order valence-electron chi connectivity index (χ2n) is 5.46. The summed E-state index contributed by atoms with van der Waals surface area (Å²) in [4.78, 5) is 13.5.